The van der Waals surface area contributed by atoms with E-state index in [1.807, 2.05) is 18.0 Å². The second-order valence-corrected chi connectivity index (χ2v) is 6.42. The van der Waals surface area contributed by atoms with E-state index in [9.17, 15) is 4.79 Å². The average molecular weight is 266 g/mol. The molecule has 1 aromatic rings. The predicted octanol–water partition coefficient (Wildman–Crippen LogP) is 2.27. The zero-order valence-electron chi connectivity index (χ0n) is 11.0. The van der Waals surface area contributed by atoms with Crippen molar-refractivity contribution in [3.63, 3.8) is 0 Å². The van der Waals surface area contributed by atoms with Crippen LogP contribution >= 0.6 is 11.3 Å². The van der Waals surface area contributed by atoms with Gasteiger partial charge >= 0.3 is 0 Å². The molecule has 1 saturated carbocycles. The number of rotatable bonds is 6. The summed E-state index contributed by atoms with van der Waals surface area (Å²) in [6.07, 6.45) is 5.07. The van der Waals surface area contributed by atoms with Gasteiger partial charge in [0.05, 0.1) is 0 Å². The van der Waals surface area contributed by atoms with E-state index < -0.39 is 0 Å². The van der Waals surface area contributed by atoms with E-state index in [4.69, 9.17) is 5.73 Å². The van der Waals surface area contributed by atoms with Crippen LogP contribution in [-0.2, 0) is 11.2 Å². The fraction of sp³-hybridized carbons (Fsp3) is 0.643. The first kappa shape index (κ1) is 13.6. The van der Waals surface area contributed by atoms with Crippen molar-refractivity contribution in [3.05, 3.63) is 22.4 Å². The maximum Gasteiger partial charge on any atom is 0.222 e. The third kappa shape index (κ3) is 3.12. The molecule has 100 valence electrons. The first-order chi connectivity index (χ1) is 8.65. The third-order valence-electron chi connectivity index (χ3n) is 4.01. The van der Waals surface area contributed by atoms with Gasteiger partial charge in [-0.15, -0.1) is 11.3 Å². The molecular weight excluding hydrogens is 244 g/mol. The minimum atomic E-state index is 0.216. The molecule has 0 aromatic carbocycles. The normalized spacial score (nSPS) is 17.2. The smallest absolute Gasteiger partial charge is 0.222 e. The van der Waals surface area contributed by atoms with Crippen molar-refractivity contribution in [1.29, 1.82) is 0 Å². The van der Waals surface area contributed by atoms with Crippen LogP contribution in [0.1, 0.15) is 30.6 Å². The number of aryl methyl sites for hydroxylation is 1. The summed E-state index contributed by atoms with van der Waals surface area (Å²) in [5.41, 5.74) is 6.05. The Morgan fingerprint density at radius 3 is 2.83 bits per heavy atom. The van der Waals surface area contributed by atoms with E-state index in [2.05, 4.69) is 11.4 Å². The summed E-state index contributed by atoms with van der Waals surface area (Å²) in [5.74, 6) is 0.239. The van der Waals surface area contributed by atoms with Crippen LogP contribution < -0.4 is 5.73 Å². The van der Waals surface area contributed by atoms with E-state index in [0.29, 0.717) is 13.0 Å². The second kappa shape index (κ2) is 5.85. The molecule has 1 aliphatic carbocycles. The largest absolute Gasteiger partial charge is 0.345 e. The van der Waals surface area contributed by atoms with Crippen LogP contribution in [0.4, 0.5) is 0 Å². The Kier molecular flexibility index (Phi) is 4.40. The molecule has 0 spiro atoms. The molecule has 1 fully saturated rings. The lowest BCUT2D eigenvalue weighted by Gasteiger charge is -2.43. The lowest BCUT2D eigenvalue weighted by Crippen LogP contribution is -2.47. The zero-order chi connectivity index (χ0) is 13.0. The Balaban J connectivity index is 1.78. The van der Waals surface area contributed by atoms with Gasteiger partial charge in [-0.25, -0.2) is 0 Å². The van der Waals surface area contributed by atoms with Crippen molar-refractivity contribution in [3.8, 4) is 0 Å². The minimum absolute atomic E-state index is 0.216. The quantitative estimate of drug-likeness (QED) is 0.858. The Morgan fingerprint density at radius 2 is 2.33 bits per heavy atom. The number of thiophene rings is 1. The summed E-state index contributed by atoms with van der Waals surface area (Å²) in [6.45, 7) is 1.53. The van der Waals surface area contributed by atoms with Crippen LogP contribution in [0, 0.1) is 5.41 Å². The summed E-state index contributed by atoms with van der Waals surface area (Å²) < 4.78 is 0. The molecule has 2 rings (SSSR count). The molecule has 4 heteroatoms. The predicted molar refractivity (Wildman–Crippen MR) is 75.6 cm³/mol. The molecule has 0 bridgehead atoms. The van der Waals surface area contributed by atoms with E-state index in [1.54, 1.807) is 11.3 Å². The molecule has 0 atom stereocenters. The molecule has 1 heterocycles. The second-order valence-electron chi connectivity index (χ2n) is 5.39. The number of nitrogens with two attached hydrogens (primary N) is 1. The van der Waals surface area contributed by atoms with Crippen molar-refractivity contribution in [2.75, 3.05) is 20.1 Å². The van der Waals surface area contributed by atoms with Gasteiger partial charge in [0.25, 0.3) is 0 Å². The Bertz CT molecular complexity index is 379. The number of carbonyl (C=O) groups is 1. The lowest BCUT2D eigenvalue weighted by atomic mass is 9.68. The maximum atomic E-state index is 12.1. The van der Waals surface area contributed by atoms with Gasteiger partial charge < -0.3 is 10.6 Å². The highest BCUT2D eigenvalue weighted by Crippen LogP contribution is 2.40. The van der Waals surface area contributed by atoms with Crippen molar-refractivity contribution in [2.24, 2.45) is 11.1 Å². The Labute approximate surface area is 113 Å². The number of nitrogens with zero attached hydrogens (tertiary/aromatic N) is 1. The molecular formula is C14H22N2OS. The van der Waals surface area contributed by atoms with E-state index in [-0.39, 0.29) is 11.3 Å². The summed E-state index contributed by atoms with van der Waals surface area (Å²) in [5, 5.41) is 2.06. The van der Waals surface area contributed by atoms with Gasteiger partial charge in [0.2, 0.25) is 5.91 Å². The molecule has 1 amide bonds. The van der Waals surface area contributed by atoms with Crippen LogP contribution in [0.5, 0.6) is 0 Å². The molecule has 1 aromatic heterocycles. The van der Waals surface area contributed by atoms with Gasteiger partial charge in [0.15, 0.2) is 0 Å². The van der Waals surface area contributed by atoms with Crippen LogP contribution in [0.2, 0.25) is 0 Å². The maximum absolute atomic E-state index is 12.1. The molecule has 2 N–H and O–H groups in total. The lowest BCUT2D eigenvalue weighted by molar-refractivity contribution is -0.132. The van der Waals surface area contributed by atoms with Gasteiger partial charge in [-0.3, -0.25) is 4.79 Å². The van der Waals surface area contributed by atoms with E-state index in [1.165, 1.54) is 24.1 Å². The van der Waals surface area contributed by atoms with Crippen molar-refractivity contribution < 1.29 is 4.79 Å². The number of hydrogen-bond donors (Lipinski definition) is 1. The van der Waals surface area contributed by atoms with Crippen molar-refractivity contribution in [1.82, 2.24) is 4.90 Å². The zero-order valence-corrected chi connectivity index (χ0v) is 11.8. The van der Waals surface area contributed by atoms with Crippen molar-refractivity contribution in [2.45, 2.75) is 32.1 Å². The molecule has 18 heavy (non-hydrogen) atoms. The fourth-order valence-electron chi connectivity index (χ4n) is 2.57. The highest BCUT2D eigenvalue weighted by molar-refractivity contribution is 7.09. The van der Waals surface area contributed by atoms with Crippen LogP contribution in [0.25, 0.3) is 0 Å². The highest BCUT2D eigenvalue weighted by atomic mass is 32.1. The summed E-state index contributed by atoms with van der Waals surface area (Å²) in [4.78, 5) is 15.2. The Hall–Kier alpha value is -0.870. The minimum Gasteiger partial charge on any atom is -0.345 e. The molecule has 0 unspecified atom stereocenters. The van der Waals surface area contributed by atoms with Gasteiger partial charge in [-0.05, 0) is 37.3 Å². The molecule has 0 aliphatic heterocycles. The first-order valence-corrected chi connectivity index (χ1v) is 7.50. The summed E-state index contributed by atoms with van der Waals surface area (Å²) in [7, 11) is 1.91. The Morgan fingerprint density at radius 1 is 1.56 bits per heavy atom. The van der Waals surface area contributed by atoms with Gasteiger partial charge in [0.1, 0.15) is 0 Å². The van der Waals surface area contributed by atoms with Crippen LogP contribution in [-0.4, -0.2) is 30.9 Å². The SMILES string of the molecule is CN(CC1(CN)CCC1)C(=O)CCc1cccs1. The first-order valence-electron chi connectivity index (χ1n) is 6.62. The monoisotopic (exact) mass is 266 g/mol. The van der Waals surface area contributed by atoms with E-state index in [0.717, 1.165) is 13.0 Å². The highest BCUT2D eigenvalue weighted by Gasteiger charge is 2.37. The van der Waals surface area contributed by atoms with Crippen molar-refractivity contribution >= 4 is 17.2 Å². The van der Waals surface area contributed by atoms with Crippen LogP contribution in [0.15, 0.2) is 17.5 Å². The topological polar surface area (TPSA) is 46.3 Å². The van der Waals surface area contributed by atoms with Gasteiger partial charge in [0, 0.05) is 30.3 Å². The average Bonchev–Trinajstić information content (AvgIpc) is 2.83. The third-order valence-corrected chi connectivity index (χ3v) is 4.95. The molecule has 0 saturated heterocycles. The summed E-state index contributed by atoms with van der Waals surface area (Å²) >= 11 is 1.72. The summed E-state index contributed by atoms with van der Waals surface area (Å²) in [6, 6.07) is 4.12. The van der Waals surface area contributed by atoms with Gasteiger partial charge in [-0.1, -0.05) is 12.5 Å². The molecule has 3 nitrogen and oxygen atoms in total. The number of hydrogen-bond acceptors (Lipinski definition) is 3. The molecule has 0 radical (unpaired) electrons. The number of amides is 1. The number of carbonyl (C=O) groups excluding carboxylic acids is 1. The fourth-order valence-corrected chi connectivity index (χ4v) is 3.28. The molecule has 1 aliphatic rings. The van der Waals surface area contributed by atoms with E-state index >= 15 is 0 Å². The van der Waals surface area contributed by atoms with Crippen LogP contribution in [0.3, 0.4) is 0 Å². The standard InChI is InChI=1S/C14H22N2OS/c1-16(11-14(10-15)7-3-8-14)13(17)6-5-12-4-2-9-18-12/h2,4,9H,3,5-8,10-11,15H2,1H3. The van der Waals surface area contributed by atoms with Gasteiger partial charge in [-0.2, -0.15) is 0 Å².